The maximum Gasteiger partial charge on any atom is 0.142 e. The van der Waals surface area contributed by atoms with Crippen LogP contribution in [0.5, 0.6) is 11.5 Å². The van der Waals surface area contributed by atoms with E-state index in [9.17, 15) is 5.11 Å². The molecular formula is C10H13Cl2NO2. The number of phenolic OH excluding ortho intramolecular Hbond substituents is 1. The fourth-order valence-corrected chi connectivity index (χ4v) is 1.35. The molecule has 0 unspecified atom stereocenters. The summed E-state index contributed by atoms with van der Waals surface area (Å²) in [5.41, 5.74) is 6.18. The van der Waals surface area contributed by atoms with Crippen LogP contribution >= 0.6 is 24.0 Å². The van der Waals surface area contributed by atoms with Crippen molar-refractivity contribution in [1.82, 2.24) is 0 Å². The zero-order valence-electron chi connectivity index (χ0n) is 8.24. The number of halogens is 2. The molecular weight excluding hydrogens is 237 g/mol. The van der Waals surface area contributed by atoms with Crippen LogP contribution in [0.25, 0.3) is 0 Å². The zero-order valence-corrected chi connectivity index (χ0v) is 9.81. The van der Waals surface area contributed by atoms with Crippen molar-refractivity contribution in [2.75, 3.05) is 7.11 Å². The van der Waals surface area contributed by atoms with E-state index in [1.54, 1.807) is 12.1 Å². The third-order valence-corrected chi connectivity index (χ3v) is 2.24. The van der Waals surface area contributed by atoms with Gasteiger partial charge in [0, 0.05) is 0 Å². The summed E-state index contributed by atoms with van der Waals surface area (Å²) in [5.74, 6) is 0.442. The topological polar surface area (TPSA) is 55.5 Å². The van der Waals surface area contributed by atoms with Crippen molar-refractivity contribution < 1.29 is 9.84 Å². The van der Waals surface area contributed by atoms with Gasteiger partial charge in [0.05, 0.1) is 23.7 Å². The SMILES string of the molecule is C=C[C@H](N)c1c(OC)ccc(Cl)c1O.Cl. The van der Waals surface area contributed by atoms with Crippen LogP contribution < -0.4 is 10.5 Å². The highest BCUT2D eigenvalue weighted by molar-refractivity contribution is 6.32. The molecule has 0 aliphatic heterocycles. The van der Waals surface area contributed by atoms with Crippen molar-refractivity contribution in [1.29, 1.82) is 0 Å². The lowest BCUT2D eigenvalue weighted by Gasteiger charge is -2.14. The van der Waals surface area contributed by atoms with E-state index in [0.717, 1.165) is 0 Å². The summed E-state index contributed by atoms with van der Waals surface area (Å²) in [4.78, 5) is 0. The monoisotopic (exact) mass is 249 g/mol. The highest BCUT2D eigenvalue weighted by Gasteiger charge is 2.16. The highest BCUT2D eigenvalue weighted by Crippen LogP contribution is 2.37. The molecule has 1 aromatic carbocycles. The van der Waals surface area contributed by atoms with Gasteiger partial charge in [-0.3, -0.25) is 0 Å². The number of rotatable bonds is 3. The molecule has 0 aromatic heterocycles. The van der Waals surface area contributed by atoms with Crippen LogP contribution in [0.4, 0.5) is 0 Å². The molecule has 3 nitrogen and oxygen atoms in total. The number of hydrogen-bond donors (Lipinski definition) is 2. The average molecular weight is 250 g/mol. The molecule has 84 valence electrons. The summed E-state index contributed by atoms with van der Waals surface area (Å²) in [6.07, 6.45) is 1.51. The van der Waals surface area contributed by atoms with Gasteiger partial charge in [-0.05, 0) is 12.1 Å². The lowest BCUT2D eigenvalue weighted by Crippen LogP contribution is -2.08. The van der Waals surface area contributed by atoms with Gasteiger partial charge >= 0.3 is 0 Å². The first-order chi connectivity index (χ1) is 6.61. The fourth-order valence-electron chi connectivity index (χ4n) is 1.18. The first-order valence-corrected chi connectivity index (χ1v) is 4.43. The Morgan fingerprint density at radius 3 is 2.67 bits per heavy atom. The van der Waals surface area contributed by atoms with Crippen molar-refractivity contribution in [3.05, 3.63) is 35.4 Å². The van der Waals surface area contributed by atoms with Gasteiger partial charge in [-0.2, -0.15) is 0 Å². The molecule has 1 aromatic rings. The lowest BCUT2D eigenvalue weighted by atomic mass is 10.1. The normalized spacial score (nSPS) is 11.4. The number of ether oxygens (including phenoxy) is 1. The Kier molecular flexibility index (Phi) is 5.50. The Bertz CT molecular complexity index is 356. The molecule has 15 heavy (non-hydrogen) atoms. The summed E-state index contributed by atoms with van der Waals surface area (Å²) in [7, 11) is 1.50. The molecule has 5 heteroatoms. The van der Waals surface area contributed by atoms with Crippen molar-refractivity contribution in [3.63, 3.8) is 0 Å². The molecule has 0 bridgehead atoms. The minimum absolute atomic E-state index is 0. The Hall–Kier alpha value is -0.900. The van der Waals surface area contributed by atoms with Gasteiger partial charge in [0.2, 0.25) is 0 Å². The molecule has 1 atom stereocenters. The largest absolute Gasteiger partial charge is 0.506 e. The van der Waals surface area contributed by atoms with Crippen LogP contribution in [-0.2, 0) is 0 Å². The molecule has 0 spiro atoms. The van der Waals surface area contributed by atoms with Crippen LogP contribution in [0.15, 0.2) is 24.8 Å². The number of phenols is 1. The molecule has 0 aliphatic carbocycles. The molecule has 0 saturated heterocycles. The number of hydrogen-bond acceptors (Lipinski definition) is 3. The van der Waals surface area contributed by atoms with Crippen LogP contribution in [0.3, 0.4) is 0 Å². The van der Waals surface area contributed by atoms with Crippen molar-refractivity contribution in [3.8, 4) is 11.5 Å². The van der Waals surface area contributed by atoms with Crippen molar-refractivity contribution >= 4 is 24.0 Å². The Balaban J connectivity index is 0.00000196. The van der Waals surface area contributed by atoms with E-state index in [2.05, 4.69) is 6.58 Å². The van der Waals surface area contributed by atoms with E-state index in [4.69, 9.17) is 22.1 Å². The molecule has 1 rings (SSSR count). The maximum atomic E-state index is 9.67. The summed E-state index contributed by atoms with van der Waals surface area (Å²) in [5, 5.41) is 9.92. The van der Waals surface area contributed by atoms with E-state index in [1.807, 2.05) is 0 Å². The molecule has 0 radical (unpaired) electrons. The minimum atomic E-state index is -0.497. The zero-order chi connectivity index (χ0) is 10.7. The van der Waals surface area contributed by atoms with Crippen LogP contribution in [0.2, 0.25) is 5.02 Å². The lowest BCUT2D eigenvalue weighted by molar-refractivity contribution is 0.397. The summed E-state index contributed by atoms with van der Waals surface area (Å²) >= 11 is 5.75. The molecule has 0 fully saturated rings. The van der Waals surface area contributed by atoms with Gasteiger partial charge in [0.15, 0.2) is 0 Å². The number of benzene rings is 1. The number of nitrogens with two attached hydrogens (primary N) is 1. The van der Waals surface area contributed by atoms with Crippen LogP contribution in [0, 0.1) is 0 Å². The van der Waals surface area contributed by atoms with Gasteiger partial charge < -0.3 is 15.6 Å². The van der Waals surface area contributed by atoms with E-state index < -0.39 is 6.04 Å². The second kappa shape index (κ2) is 5.85. The fraction of sp³-hybridized carbons (Fsp3) is 0.200. The van der Waals surface area contributed by atoms with Gasteiger partial charge in [-0.25, -0.2) is 0 Å². The van der Waals surface area contributed by atoms with Gasteiger partial charge in [-0.1, -0.05) is 17.7 Å². The number of aromatic hydroxyl groups is 1. The summed E-state index contributed by atoms with van der Waals surface area (Å²) < 4.78 is 5.06. The first-order valence-electron chi connectivity index (χ1n) is 4.05. The maximum absolute atomic E-state index is 9.67. The Morgan fingerprint density at radius 1 is 1.60 bits per heavy atom. The van der Waals surface area contributed by atoms with Gasteiger partial charge in [0.1, 0.15) is 11.5 Å². The smallest absolute Gasteiger partial charge is 0.142 e. The predicted octanol–water partition coefficient (Wildman–Crippen LogP) is 2.66. The summed E-state index contributed by atoms with van der Waals surface area (Å²) in [6, 6.07) is 2.71. The van der Waals surface area contributed by atoms with E-state index in [0.29, 0.717) is 11.3 Å². The van der Waals surface area contributed by atoms with Crippen molar-refractivity contribution in [2.24, 2.45) is 5.73 Å². The molecule has 0 heterocycles. The predicted molar refractivity (Wildman–Crippen MR) is 64.0 cm³/mol. The molecule has 0 saturated carbocycles. The third kappa shape index (κ3) is 2.78. The van der Waals surface area contributed by atoms with E-state index in [1.165, 1.54) is 13.2 Å². The first kappa shape index (κ1) is 14.1. The molecule has 0 aliphatic rings. The van der Waals surface area contributed by atoms with Crippen molar-refractivity contribution in [2.45, 2.75) is 6.04 Å². The third-order valence-electron chi connectivity index (χ3n) is 1.94. The standard InChI is InChI=1S/C10H12ClNO2.ClH/c1-3-7(12)9-8(14-2)5-4-6(11)10(9)13;/h3-5,7,13H,1,12H2,2H3;1H/t7-;/m0./s1. The van der Waals surface area contributed by atoms with Crippen LogP contribution in [-0.4, -0.2) is 12.2 Å². The van der Waals surface area contributed by atoms with Gasteiger partial charge in [-0.15, -0.1) is 19.0 Å². The second-order valence-corrected chi connectivity index (χ2v) is 3.18. The van der Waals surface area contributed by atoms with E-state index >= 15 is 0 Å². The van der Waals surface area contributed by atoms with Crippen LogP contribution in [0.1, 0.15) is 11.6 Å². The summed E-state index contributed by atoms with van der Waals surface area (Å²) in [6.45, 7) is 3.55. The molecule has 0 amide bonds. The van der Waals surface area contributed by atoms with Gasteiger partial charge in [0.25, 0.3) is 0 Å². The highest BCUT2D eigenvalue weighted by atomic mass is 35.5. The minimum Gasteiger partial charge on any atom is -0.506 e. The second-order valence-electron chi connectivity index (χ2n) is 2.77. The Morgan fingerprint density at radius 2 is 2.20 bits per heavy atom. The average Bonchev–Trinajstić information content (AvgIpc) is 2.20. The number of methoxy groups -OCH3 is 1. The molecule has 3 N–H and O–H groups in total. The quantitative estimate of drug-likeness (QED) is 0.811. The van der Waals surface area contributed by atoms with E-state index in [-0.39, 0.29) is 23.2 Å². The Labute approximate surface area is 99.9 Å².